The first-order chi connectivity index (χ1) is 7.65. The van der Waals surface area contributed by atoms with Crippen LogP contribution in [0.3, 0.4) is 0 Å². The Hall–Kier alpha value is -0.540. The summed E-state index contributed by atoms with van der Waals surface area (Å²) in [6, 6.07) is 5.62. The van der Waals surface area contributed by atoms with Crippen molar-refractivity contribution >= 4 is 21.6 Å². The smallest absolute Gasteiger partial charge is 0.0810 e. The first kappa shape index (κ1) is 13.5. The maximum atomic E-state index is 10.0. The lowest BCUT2D eigenvalue weighted by atomic mass is 10.0. The summed E-state index contributed by atoms with van der Waals surface area (Å²) in [5.41, 5.74) is 7.35. The van der Waals surface area contributed by atoms with Gasteiger partial charge >= 0.3 is 0 Å². The molecule has 0 saturated heterocycles. The molecule has 90 valence electrons. The summed E-state index contributed by atoms with van der Waals surface area (Å²) in [5.74, 6) is 0. The SMILES string of the molecule is CCCCCCC(O)c1cc(Br)ccc1N. The van der Waals surface area contributed by atoms with E-state index >= 15 is 0 Å². The van der Waals surface area contributed by atoms with Crippen LogP contribution < -0.4 is 5.73 Å². The van der Waals surface area contributed by atoms with E-state index in [1.54, 1.807) is 0 Å². The van der Waals surface area contributed by atoms with Gasteiger partial charge in [-0.1, -0.05) is 48.5 Å². The third kappa shape index (κ3) is 4.14. The molecule has 1 atom stereocenters. The third-order valence-corrected chi connectivity index (χ3v) is 3.23. The van der Waals surface area contributed by atoms with E-state index in [-0.39, 0.29) is 0 Å². The van der Waals surface area contributed by atoms with Crippen LogP contribution in [0.4, 0.5) is 5.69 Å². The van der Waals surface area contributed by atoms with Crippen LogP contribution in [0.15, 0.2) is 22.7 Å². The number of nitrogen functional groups attached to an aromatic ring is 1. The van der Waals surface area contributed by atoms with Crippen molar-refractivity contribution in [1.82, 2.24) is 0 Å². The molecule has 1 unspecified atom stereocenters. The molecular formula is C13H20BrNO. The Labute approximate surface area is 106 Å². The molecule has 0 bridgehead atoms. The molecule has 0 radical (unpaired) electrons. The highest BCUT2D eigenvalue weighted by Gasteiger charge is 2.10. The second kappa shape index (κ2) is 6.92. The van der Waals surface area contributed by atoms with Crippen molar-refractivity contribution in [3.8, 4) is 0 Å². The summed E-state index contributed by atoms with van der Waals surface area (Å²) in [6.45, 7) is 2.18. The number of hydrogen-bond donors (Lipinski definition) is 2. The van der Waals surface area contributed by atoms with E-state index in [4.69, 9.17) is 5.73 Å². The zero-order valence-corrected chi connectivity index (χ0v) is 11.3. The van der Waals surface area contributed by atoms with Gasteiger partial charge < -0.3 is 10.8 Å². The van der Waals surface area contributed by atoms with Crippen LogP contribution in [0.5, 0.6) is 0 Å². The summed E-state index contributed by atoms with van der Waals surface area (Å²) in [7, 11) is 0. The number of anilines is 1. The molecule has 0 aliphatic carbocycles. The number of halogens is 1. The minimum Gasteiger partial charge on any atom is -0.398 e. The molecule has 16 heavy (non-hydrogen) atoms. The van der Waals surface area contributed by atoms with Crippen LogP contribution in [0, 0.1) is 0 Å². The van der Waals surface area contributed by atoms with E-state index in [9.17, 15) is 5.11 Å². The van der Waals surface area contributed by atoms with Crippen LogP contribution in [-0.2, 0) is 0 Å². The van der Waals surface area contributed by atoms with Crippen molar-refractivity contribution in [3.63, 3.8) is 0 Å². The van der Waals surface area contributed by atoms with Crippen molar-refractivity contribution in [2.75, 3.05) is 5.73 Å². The first-order valence-electron chi connectivity index (χ1n) is 5.88. The number of nitrogens with two attached hydrogens (primary N) is 1. The van der Waals surface area contributed by atoms with Gasteiger partial charge in [0.25, 0.3) is 0 Å². The Morgan fingerprint density at radius 1 is 1.31 bits per heavy atom. The fourth-order valence-electron chi connectivity index (χ4n) is 1.75. The molecule has 0 amide bonds. The lowest BCUT2D eigenvalue weighted by molar-refractivity contribution is 0.164. The fraction of sp³-hybridized carbons (Fsp3) is 0.538. The number of rotatable bonds is 6. The van der Waals surface area contributed by atoms with Gasteiger partial charge in [0.2, 0.25) is 0 Å². The number of aliphatic hydroxyl groups is 1. The number of hydrogen-bond acceptors (Lipinski definition) is 2. The van der Waals surface area contributed by atoms with Crippen LogP contribution in [0.2, 0.25) is 0 Å². The monoisotopic (exact) mass is 285 g/mol. The van der Waals surface area contributed by atoms with Gasteiger partial charge in [-0.3, -0.25) is 0 Å². The van der Waals surface area contributed by atoms with E-state index in [1.807, 2.05) is 18.2 Å². The van der Waals surface area contributed by atoms with Crippen LogP contribution in [0.25, 0.3) is 0 Å². The van der Waals surface area contributed by atoms with Crippen molar-refractivity contribution in [3.05, 3.63) is 28.2 Å². The largest absolute Gasteiger partial charge is 0.398 e. The highest BCUT2D eigenvalue weighted by atomic mass is 79.9. The van der Waals surface area contributed by atoms with Crippen molar-refractivity contribution in [2.24, 2.45) is 0 Å². The predicted molar refractivity (Wildman–Crippen MR) is 72.3 cm³/mol. The van der Waals surface area contributed by atoms with Crippen LogP contribution >= 0.6 is 15.9 Å². The van der Waals surface area contributed by atoms with Crippen LogP contribution in [0.1, 0.15) is 50.7 Å². The molecule has 1 rings (SSSR count). The molecule has 0 aliphatic heterocycles. The Kier molecular flexibility index (Phi) is 5.85. The molecule has 0 heterocycles. The Morgan fingerprint density at radius 3 is 2.75 bits per heavy atom. The third-order valence-electron chi connectivity index (χ3n) is 2.74. The van der Waals surface area contributed by atoms with E-state index < -0.39 is 6.10 Å². The molecule has 2 nitrogen and oxygen atoms in total. The minimum absolute atomic E-state index is 0.436. The van der Waals surface area contributed by atoms with Gasteiger partial charge in [-0.15, -0.1) is 0 Å². The quantitative estimate of drug-likeness (QED) is 0.612. The van der Waals surface area contributed by atoms with E-state index in [1.165, 1.54) is 19.3 Å². The topological polar surface area (TPSA) is 46.2 Å². The minimum atomic E-state index is -0.436. The van der Waals surface area contributed by atoms with E-state index in [0.29, 0.717) is 5.69 Å². The molecule has 0 spiro atoms. The number of aliphatic hydroxyl groups excluding tert-OH is 1. The highest BCUT2D eigenvalue weighted by molar-refractivity contribution is 9.10. The lowest BCUT2D eigenvalue weighted by Crippen LogP contribution is -2.02. The normalized spacial score (nSPS) is 12.7. The average molecular weight is 286 g/mol. The van der Waals surface area contributed by atoms with Crippen LogP contribution in [-0.4, -0.2) is 5.11 Å². The predicted octanol–water partition coefficient (Wildman–Crippen LogP) is 4.04. The zero-order chi connectivity index (χ0) is 12.0. The molecular weight excluding hydrogens is 266 g/mol. The molecule has 1 aromatic carbocycles. The molecule has 0 aliphatic rings. The van der Waals surface area contributed by atoms with Gasteiger partial charge in [0.05, 0.1) is 6.10 Å². The molecule has 0 saturated carbocycles. The van der Waals surface area contributed by atoms with Crippen molar-refractivity contribution in [2.45, 2.75) is 45.1 Å². The first-order valence-corrected chi connectivity index (χ1v) is 6.67. The summed E-state index contributed by atoms with van der Waals surface area (Å²) < 4.78 is 0.962. The van der Waals surface area contributed by atoms with Gasteiger partial charge in [0.1, 0.15) is 0 Å². The van der Waals surface area contributed by atoms with E-state index in [2.05, 4.69) is 22.9 Å². The zero-order valence-electron chi connectivity index (χ0n) is 9.75. The van der Waals surface area contributed by atoms with Gasteiger partial charge in [-0.05, 0) is 24.6 Å². The molecule has 0 fully saturated rings. The van der Waals surface area contributed by atoms with Gasteiger partial charge in [-0.2, -0.15) is 0 Å². The lowest BCUT2D eigenvalue weighted by Gasteiger charge is -2.13. The van der Waals surface area contributed by atoms with Crippen molar-refractivity contribution in [1.29, 1.82) is 0 Å². The highest BCUT2D eigenvalue weighted by Crippen LogP contribution is 2.27. The number of benzene rings is 1. The summed E-state index contributed by atoms with van der Waals surface area (Å²) in [4.78, 5) is 0. The molecule has 3 heteroatoms. The summed E-state index contributed by atoms with van der Waals surface area (Å²) in [5, 5.41) is 10.0. The second-order valence-corrected chi connectivity index (χ2v) is 5.05. The summed E-state index contributed by atoms with van der Waals surface area (Å²) in [6.07, 6.45) is 5.05. The standard InChI is InChI=1S/C13H20BrNO/c1-2-3-4-5-6-13(16)11-9-10(14)7-8-12(11)15/h7-9,13,16H,2-6,15H2,1H3. The average Bonchev–Trinajstić information content (AvgIpc) is 2.27. The maximum Gasteiger partial charge on any atom is 0.0810 e. The fourth-order valence-corrected chi connectivity index (χ4v) is 2.13. The molecule has 3 N–H and O–H groups in total. The van der Waals surface area contributed by atoms with Gasteiger partial charge in [-0.25, -0.2) is 0 Å². The molecule has 1 aromatic rings. The number of unbranched alkanes of at least 4 members (excludes halogenated alkanes) is 3. The van der Waals surface area contributed by atoms with Crippen molar-refractivity contribution < 1.29 is 5.11 Å². The Bertz CT molecular complexity index is 328. The van der Waals surface area contributed by atoms with E-state index in [0.717, 1.165) is 22.9 Å². The van der Waals surface area contributed by atoms with Gasteiger partial charge in [0.15, 0.2) is 0 Å². The maximum absolute atomic E-state index is 10.0. The molecule has 0 aromatic heterocycles. The Balaban J connectivity index is 2.51. The second-order valence-electron chi connectivity index (χ2n) is 4.14. The van der Waals surface area contributed by atoms with Gasteiger partial charge in [0, 0.05) is 15.7 Å². The Morgan fingerprint density at radius 2 is 2.06 bits per heavy atom. The summed E-state index contributed by atoms with van der Waals surface area (Å²) >= 11 is 3.39.